The Morgan fingerprint density at radius 3 is 2.82 bits per heavy atom. The molecule has 0 spiro atoms. The van der Waals surface area contributed by atoms with Crippen molar-refractivity contribution in [3.05, 3.63) is 59.7 Å². The fraction of sp³-hybridized carbons (Fsp3) is 0.278. The lowest BCUT2D eigenvalue weighted by molar-refractivity contribution is -0.123. The molecular formula is C18H20N2O2. The number of nitrogens with two attached hydrogens (primary N) is 1. The van der Waals surface area contributed by atoms with Gasteiger partial charge in [-0.05, 0) is 42.5 Å². The van der Waals surface area contributed by atoms with Crippen LogP contribution in [0.2, 0.25) is 0 Å². The van der Waals surface area contributed by atoms with E-state index in [0.717, 1.165) is 19.3 Å². The van der Waals surface area contributed by atoms with E-state index in [9.17, 15) is 4.79 Å². The van der Waals surface area contributed by atoms with Crippen molar-refractivity contribution in [3.63, 3.8) is 0 Å². The summed E-state index contributed by atoms with van der Waals surface area (Å²) in [7, 11) is 0. The molecule has 0 heterocycles. The fourth-order valence-electron chi connectivity index (χ4n) is 2.86. The van der Waals surface area contributed by atoms with Crippen molar-refractivity contribution in [1.82, 2.24) is 0 Å². The van der Waals surface area contributed by atoms with Gasteiger partial charge in [0.05, 0.1) is 17.5 Å². The maximum atomic E-state index is 12.0. The Morgan fingerprint density at radius 2 is 1.95 bits per heavy atom. The van der Waals surface area contributed by atoms with Crippen LogP contribution in [0.25, 0.3) is 0 Å². The molecule has 0 aliphatic heterocycles. The minimum atomic E-state index is -0.180. The molecule has 1 amide bonds. The Kier molecular flexibility index (Phi) is 4.39. The van der Waals surface area contributed by atoms with Crippen molar-refractivity contribution >= 4 is 17.3 Å². The number of benzene rings is 2. The predicted octanol–water partition coefficient (Wildman–Crippen LogP) is 3.30. The monoisotopic (exact) mass is 296 g/mol. The van der Waals surface area contributed by atoms with Crippen LogP contribution < -0.4 is 11.1 Å². The zero-order valence-electron chi connectivity index (χ0n) is 12.4. The molecule has 0 bridgehead atoms. The number of nitrogen functional groups attached to an aromatic ring is 1. The van der Waals surface area contributed by atoms with Gasteiger partial charge in [-0.25, -0.2) is 0 Å². The van der Waals surface area contributed by atoms with Crippen LogP contribution >= 0.6 is 0 Å². The summed E-state index contributed by atoms with van der Waals surface area (Å²) < 4.78 is 5.83. The number of rotatable bonds is 4. The van der Waals surface area contributed by atoms with Gasteiger partial charge in [0.2, 0.25) is 5.91 Å². The smallest absolute Gasteiger partial charge is 0.250 e. The largest absolute Gasteiger partial charge is 0.397 e. The topological polar surface area (TPSA) is 64.3 Å². The second-order valence-electron chi connectivity index (χ2n) is 5.53. The average Bonchev–Trinajstić information content (AvgIpc) is 2.55. The molecule has 22 heavy (non-hydrogen) atoms. The fourth-order valence-corrected chi connectivity index (χ4v) is 2.86. The van der Waals surface area contributed by atoms with Crippen molar-refractivity contribution < 1.29 is 9.53 Å². The predicted molar refractivity (Wildman–Crippen MR) is 87.6 cm³/mol. The molecule has 2 aromatic rings. The van der Waals surface area contributed by atoms with Gasteiger partial charge in [-0.2, -0.15) is 0 Å². The van der Waals surface area contributed by atoms with Crippen molar-refractivity contribution in [2.24, 2.45) is 0 Å². The zero-order chi connectivity index (χ0) is 15.4. The lowest BCUT2D eigenvalue weighted by Crippen LogP contribution is -2.22. The second kappa shape index (κ2) is 6.62. The summed E-state index contributed by atoms with van der Waals surface area (Å²) >= 11 is 0. The van der Waals surface area contributed by atoms with Gasteiger partial charge in [-0.3, -0.25) is 4.79 Å². The number of carbonyl (C=O) groups excluding carboxylic acids is 1. The number of aryl methyl sites for hydroxylation is 1. The van der Waals surface area contributed by atoms with Crippen LogP contribution in [-0.4, -0.2) is 12.5 Å². The molecule has 0 radical (unpaired) electrons. The van der Waals surface area contributed by atoms with E-state index in [-0.39, 0.29) is 18.6 Å². The van der Waals surface area contributed by atoms with Gasteiger partial charge < -0.3 is 15.8 Å². The molecule has 0 fully saturated rings. The SMILES string of the molecule is Nc1ccccc1NC(=O)COC1CCCc2ccccc21. The Morgan fingerprint density at radius 1 is 1.18 bits per heavy atom. The molecule has 114 valence electrons. The maximum Gasteiger partial charge on any atom is 0.250 e. The molecule has 1 aliphatic carbocycles. The third kappa shape index (κ3) is 3.28. The molecular weight excluding hydrogens is 276 g/mol. The molecule has 1 atom stereocenters. The summed E-state index contributed by atoms with van der Waals surface area (Å²) in [5.74, 6) is -0.180. The third-order valence-corrected chi connectivity index (χ3v) is 3.96. The van der Waals surface area contributed by atoms with E-state index in [1.165, 1.54) is 11.1 Å². The van der Waals surface area contributed by atoms with Crippen LogP contribution in [0.15, 0.2) is 48.5 Å². The first-order valence-electron chi connectivity index (χ1n) is 7.58. The number of nitrogens with one attached hydrogen (secondary N) is 1. The zero-order valence-corrected chi connectivity index (χ0v) is 12.4. The molecule has 0 aromatic heterocycles. The van der Waals surface area contributed by atoms with Gasteiger partial charge in [0.25, 0.3) is 0 Å². The lowest BCUT2D eigenvalue weighted by atomic mass is 9.89. The minimum absolute atomic E-state index is 0.00354. The van der Waals surface area contributed by atoms with Gasteiger partial charge in [0.1, 0.15) is 6.61 Å². The summed E-state index contributed by atoms with van der Waals surface area (Å²) in [6.45, 7) is 0.0351. The van der Waals surface area contributed by atoms with Crippen LogP contribution in [-0.2, 0) is 16.0 Å². The van der Waals surface area contributed by atoms with E-state index in [1.807, 2.05) is 24.3 Å². The van der Waals surface area contributed by atoms with Gasteiger partial charge in [0.15, 0.2) is 0 Å². The molecule has 2 aromatic carbocycles. The normalized spacial score (nSPS) is 16.8. The van der Waals surface area contributed by atoms with Crippen molar-refractivity contribution in [2.75, 3.05) is 17.7 Å². The first-order chi connectivity index (χ1) is 10.7. The standard InChI is InChI=1S/C18H20N2O2/c19-15-9-3-4-10-16(15)20-18(21)12-22-17-11-5-7-13-6-1-2-8-14(13)17/h1-4,6,8-10,17H,5,7,11-12,19H2,(H,20,21). The van der Waals surface area contributed by atoms with Gasteiger partial charge in [0, 0.05) is 0 Å². The Labute approximate surface area is 130 Å². The average molecular weight is 296 g/mol. The number of hydrogen-bond acceptors (Lipinski definition) is 3. The van der Waals surface area contributed by atoms with Gasteiger partial charge in [-0.1, -0.05) is 36.4 Å². The van der Waals surface area contributed by atoms with E-state index in [4.69, 9.17) is 10.5 Å². The number of fused-ring (bicyclic) bond motifs is 1. The molecule has 1 unspecified atom stereocenters. The lowest BCUT2D eigenvalue weighted by Gasteiger charge is -2.25. The molecule has 3 rings (SSSR count). The number of ether oxygens (including phenoxy) is 1. The highest BCUT2D eigenvalue weighted by atomic mass is 16.5. The Balaban J connectivity index is 1.59. The minimum Gasteiger partial charge on any atom is -0.397 e. The molecule has 0 saturated carbocycles. The maximum absolute atomic E-state index is 12.0. The first-order valence-corrected chi connectivity index (χ1v) is 7.58. The van der Waals surface area contributed by atoms with Gasteiger partial charge in [-0.15, -0.1) is 0 Å². The molecule has 4 heteroatoms. The van der Waals surface area contributed by atoms with Crippen LogP contribution in [0.4, 0.5) is 11.4 Å². The van der Waals surface area contributed by atoms with E-state index >= 15 is 0 Å². The molecule has 0 saturated heterocycles. The Hall–Kier alpha value is -2.33. The number of anilines is 2. The second-order valence-corrected chi connectivity index (χ2v) is 5.53. The van der Waals surface area contributed by atoms with Crippen LogP contribution in [0.3, 0.4) is 0 Å². The quantitative estimate of drug-likeness (QED) is 0.851. The summed E-state index contributed by atoms with van der Waals surface area (Å²) in [5.41, 5.74) is 9.53. The number of amides is 1. The molecule has 1 aliphatic rings. The molecule has 4 nitrogen and oxygen atoms in total. The van der Waals surface area contributed by atoms with E-state index in [2.05, 4.69) is 17.4 Å². The van der Waals surface area contributed by atoms with Gasteiger partial charge >= 0.3 is 0 Å². The summed E-state index contributed by atoms with van der Waals surface area (Å²) in [6.07, 6.45) is 3.14. The number of carbonyl (C=O) groups is 1. The third-order valence-electron chi connectivity index (χ3n) is 3.96. The summed E-state index contributed by atoms with van der Waals surface area (Å²) in [6, 6.07) is 15.5. The van der Waals surface area contributed by atoms with Crippen LogP contribution in [0, 0.1) is 0 Å². The number of para-hydroxylation sites is 2. The highest BCUT2D eigenvalue weighted by Crippen LogP contribution is 2.32. The first kappa shape index (κ1) is 14.6. The molecule has 3 N–H and O–H groups in total. The highest BCUT2D eigenvalue weighted by molar-refractivity contribution is 5.94. The summed E-state index contributed by atoms with van der Waals surface area (Å²) in [5, 5.41) is 2.78. The summed E-state index contributed by atoms with van der Waals surface area (Å²) in [4.78, 5) is 12.0. The van der Waals surface area contributed by atoms with Crippen molar-refractivity contribution in [1.29, 1.82) is 0 Å². The van der Waals surface area contributed by atoms with Crippen LogP contribution in [0.5, 0.6) is 0 Å². The number of hydrogen-bond donors (Lipinski definition) is 2. The van der Waals surface area contributed by atoms with E-state index in [1.54, 1.807) is 12.1 Å². The Bertz CT molecular complexity index is 670. The van der Waals surface area contributed by atoms with Crippen LogP contribution in [0.1, 0.15) is 30.1 Å². The highest BCUT2D eigenvalue weighted by Gasteiger charge is 2.21. The van der Waals surface area contributed by atoms with Crippen molar-refractivity contribution in [3.8, 4) is 0 Å². The van der Waals surface area contributed by atoms with E-state index in [0.29, 0.717) is 11.4 Å². The van der Waals surface area contributed by atoms with Crippen molar-refractivity contribution in [2.45, 2.75) is 25.4 Å². The van der Waals surface area contributed by atoms with E-state index < -0.39 is 0 Å².